The number of hydrogen-bond donors (Lipinski definition) is 3. The summed E-state index contributed by atoms with van der Waals surface area (Å²) in [5.74, 6) is -11.1. The van der Waals surface area contributed by atoms with Crippen LogP contribution in [0, 0.1) is 5.92 Å². The highest BCUT2D eigenvalue weighted by Gasteiger charge is 2.67. The topological polar surface area (TPSA) is 87.3 Å². The number of hydrogen-bond acceptors (Lipinski definition) is 3. The van der Waals surface area contributed by atoms with Crippen LogP contribution in [0.1, 0.15) is 21.8 Å². The SMILES string of the molecule is O=C(NCCNC(=O)C(F)(F)C(F)(F)F)c1cc(NC(=O)[C@H]2[C@H](c3cc(Cl)cc(Cl)c3)C2(Cl)Cl)ccc1Cl. The van der Waals surface area contributed by atoms with Crippen LogP contribution >= 0.6 is 58.0 Å². The van der Waals surface area contributed by atoms with E-state index in [1.807, 2.05) is 0 Å². The van der Waals surface area contributed by atoms with Crippen LogP contribution in [0.4, 0.5) is 27.6 Å². The molecular weight excluding hydrogens is 627 g/mol. The first kappa shape index (κ1) is 30.5. The Bertz CT molecular complexity index is 1260. The van der Waals surface area contributed by atoms with E-state index >= 15 is 0 Å². The summed E-state index contributed by atoms with van der Waals surface area (Å²) in [5, 5.41) is 6.75. The molecule has 2 atom stereocenters. The predicted octanol–water partition coefficient (Wildman–Crippen LogP) is 6.22. The summed E-state index contributed by atoms with van der Waals surface area (Å²) >= 11 is 30.7. The van der Waals surface area contributed by atoms with E-state index in [1.165, 1.54) is 29.6 Å². The fraction of sp³-hybridized carbons (Fsp3) is 0.318. The second-order valence-electron chi connectivity index (χ2n) is 8.10. The second-order valence-corrected chi connectivity index (χ2v) is 10.8. The number of anilines is 1. The van der Waals surface area contributed by atoms with E-state index in [-0.39, 0.29) is 16.3 Å². The number of carbonyl (C=O) groups is 3. The van der Waals surface area contributed by atoms with Crippen molar-refractivity contribution < 1.29 is 36.3 Å². The predicted molar refractivity (Wildman–Crippen MR) is 134 cm³/mol. The first-order valence-electron chi connectivity index (χ1n) is 10.4. The average molecular weight is 642 g/mol. The lowest BCUT2D eigenvalue weighted by atomic mass is 10.1. The molecule has 1 fully saturated rings. The monoisotopic (exact) mass is 639 g/mol. The van der Waals surface area contributed by atoms with E-state index in [4.69, 9.17) is 58.0 Å². The van der Waals surface area contributed by atoms with Gasteiger partial charge in [0.1, 0.15) is 4.33 Å². The summed E-state index contributed by atoms with van der Waals surface area (Å²) in [7, 11) is 0. The molecule has 1 saturated carbocycles. The van der Waals surface area contributed by atoms with Gasteiger partial charge in [-0.15, -0.1) is 23.2 Å². The average Bonchev–Trinajstić information content (AvgIpc) is 3.38. The molecule has 0 spiro atoms. The highest BCUT2D eigenvalue weighted by Crippen LogP contribution is 2.65. The van der Waals surface area contributed by atoms with Gasteiger partial charge in [0.05, 0.1) is 16.5 Å². The molecule has 3 amide bonds. The van der Waals surface area contributed by atoms with E-state index in [1.54, 1.807) is 12.1 Å². The summed E-state index contributed by atoms with van der Waals surface area (Å²) in [6, 6.07) is 8.51. The molecule has 0 radical (unpaired) electrons. The Morgan fingerprint density at radius 2 is 1.45 bits per heavy atom. The zero-order chi connectivity index (χ0) is 28.6. The van der Waals surface area contributed by atoms with E-state index in [2.05, 4.69) is 10.6 Å². The lowest BCUT2D eigenvalue weighted by molar-refractivity contribution is -0.269. The van der Waals surface area contributed by atoms with Gasteiger partial charge in [-0.1, -0.05) is 34.8 Å². The van der Waals surface area contributed by atoms with Gasteiger partial charge in [0.25, 0.3) is 11.8 Å². The minimum absolute atomic E-state index is 0.0601. The highest BCUT2D eigenvalue weighted by atomic mass is 35.5. The lowest BCUT2D eigenvalue weighted by Crippen LogP contribution is -2.51. The van der Waals surface area contributed by atoms with Gasteiger partial charge in [0.15, 0.2) is 0 Å². The van der Waals surface area contributed by atoms with Crippen molar-refractivity contribution in [3.05, 3.63) is 62.6 Å². The molecule has 1 aliphatic carbocycles. The maximum Gasteiger partial charge on any atom is 0.463 e. The highest BCUT2D eigenvalue weighted by molar-refractivity contribution is 6.53. The Morgan fingerprint density at radius 1 is 0.868 bits per heavy atom. The van der Waals surface area contributed by atoms with E-state index < -0.39 is 59.1 Å². The third-order valence-electron chi connectivity index (χ3n) is 5.40. The number of nitrogens with one attached hydrogen (secondary N) is 3. The van der Waals surface area contributed by atoms with Crippen LogP contribution in [-0.2, 0) is 9.59 Å². The number of benzene rings is 2. The van der Waals surface area contributed by atoms with Gasteiger partial charge < -0.3 is 16.0 Å². The van der Waals surface area contributed by atoms with Crippen LogP contribution < -0.4 is 16.0 Å². The normalized spacial score (nSPS) is 18.5. The molecule has 0 heterocycles. The summed E-state index contributed by atoms with van der Waals surface area (Å²) in [6.45, 7) is -1.23. The number of alkyl halides is 7. The Morgan fingerprint density at radius 3 is 2.03 bits per heavy atom. The number of carbonyl (C=O) groups excluding carboxylic acids is 3. The molecule has 3 rings (SSSR count). The van der Waals surface area contributed by atoms with E-state index in [0.29, 0.717) is 15.6 Å². The van der Waals surface area contributed by atoms with Crippen molar-refractivity contribution in [1.82, 2.24) is 10.6 Å². The Labute approximate surface area is 237 Å². The fourth-order valence-corrected chi connectivity index (χ4v) is 5.08. The Kier molecular flexibility index (Phi) is 8.99. The number of amides is 3. The maximum atomic E-state index is 12.9. The maximum absolute atomic E-state index is 12.9. The molecule has 16 heteroatoms. The molecule has 0 aliphatic heterocycles. The Balaban J connectivity index is 1.61. The van der Waals surface area contributed by atoms with Crippen LogP contribution in [0.2, 0.25) is 15.1 Å². The van der Waals surface area contributed by atoms with Crippen molar-refractivity contribution in [1.29, 1.82) is 0 Å². The number of rotatable bonds is 8. The van der Waals surface area contributed by atoms with Crippen LogP contribution in [0.25, 0.3) is 0 Å². The summed E-state index contributed by atoms with van der Waals surface area (Å²) in [6.07, 6.45) is -6.06. The van der Waals surface area contributed by atoms with Crippen LogP contribution in [0.5, 0.6) is 0 Å². The largest absolute Gasteiger partial charge is 0.463 e. The van der Waals surface area contributed by atoms with Crippen LogP contribution in [0.15, 0.2) is 36.4 Å². The number of halogens is 10. The molecule has 6 nitrogen and oxygen atoms in total. The molecule has 38 heavy (non-hydrogen) atoms. The van der Waals surface area contributed by atoms with E-state index in [0.717, 1.165) is 0 Å². The smallest absolute Gasteiger partial charge is 0.350 e. The van der Waals surface area contributed by atoms with Gasteiger partial charge in [-0.05, 0) is 42.0 Å². The van der Waals surface area contributed by atoms with Crippen molar-refractivity contribution in [2.24, 2.45) is 5.92 Å². The molecule has 2 aromatic rings. The molecule has 2 aromatic carbocycles. The van der Waals surface area contributed by atoms with E-state index in [9.17, 15) is 36.3 Å². The van der Waals surface area contributed by atoms with Gasteiger partial charge in [-0.25, -0.2) is 0 Å². The fourth-order valence-electron chi connectivity index (χ4n) is 3.51. The van der Waals surface area contributed by atoms with Gasteiger partial charge in [-0.3, -0.25) is 14.4 Å². The zero-order valence-corrected chi connectivity index (χ0v) is 22.3. The third-order valence-corrected chi connectivity index (χ3v) is 7.10. The minimum atomic E-state index is -6.06. The van der Waals surface area contributed by atoms with Crippen molar-refractivity contribution in [2.45, 2.75) is 22.4 Å². The molecule has 0 bridgehead atoms. The van der Waals surface area contributed by atoms with Gasteiger partial charge in [0.2, 0.25) is 5.91 Å². The van der Waals surface area contributed by atoms with Crippen LogP contribution in [-0.4, -0.2) is 47.2 Å². The first-order valence-corrected chi connectivity index (χ1v) is 12.3. The van der Waals surface area contributed by atoms with Gasteiger partial charge >= 0.3 is 12.1 Å². The quantitative estimate of drug-likeness (QED) is 0.182. The third kappa shape index (κ3) is 6.56. The molecule has 0 unspecified atom stereocenters. The molecule has 0 saturated heterocycles. The van der Waals surface area contributed by atoms with Gasteiger partial charge in [0, 0.05) is 34.7 Å². The second kappa shape index (κ2) is 11.2. The lowest BCUT2D eigenvalue weighted by Gasteiger charge is -2.18. The van der Waals surface area contributed by atoms with Crippen LogP contribution in [0.3, 0.4) is 0 Å². The first-order chi connectivity index (χ1) is 17.5. The van der Waals surface area contributed by atoms with Crippen molar-refractivity contribution in [3.63, 3.8) is 0 Å². The van der Waals surface area contributed by atoms with Crippen molar-refractivity contribution in [2.75, 3.05) is 18.4 Å². The molecule has 206 valence electrons. The summed E-state index contributed by atoms with van der Waals surface area (Å²) in [4.78, 5) is 36.4. The summed E-state index contributed by atoms with van der Waals surface area (Å²) < 4.78 is 61.0. The molecule has 0 aromatic heterocycles. The minimum Gasteiger partial charge on any atom is -0.350 e. The molecule has 1 aliphatic rings. The molecule has 3 N–H and O–H groups in total. The van der Waals surface area contributed by atoms with Gasteiger partial charge in [-0.2, -0.15) is 22.0 Å². The van der Waals surface area contributed by atoms with Crippen molar-refractivity contribution in [3.8, 4) is 0 Å². The zero-order valence-electron chi connectivity index (χ0n) is 18.5. The van der Waals surface area contributed by atoms with Crippen molar-refractivity contribution >= 4 is 81.4 Å². The molecular formula is C22H15Cl5F5N3O3. The summed E-state index contributed by atoms with van der Waals surface area (Å²) in [5.41, 5.74) is 0.513. The Hall–Kier alpha value is -2.05. The standard InChI is InChI=1S/C22H15Cl5F5N3O3/c23-10-5-9(6-11(24)7-10)15-16(20(15,26)27)18(37)35-12-1-2-14(25)13(8-12)17(36)33-3-4-34-19(38)21(28,29)22(30,31)32/h1-2,5-8,15-16H,3-4H2,(H,33,36)(H,34,38)(H,35,37)/t15-,16+/m0/s1.